The molecule has 166 valence electrons. The Morgan fingerprint density at radius 3 is 2.66 bits per heavy atom. The molecule has 5 rings (SSSR count). The molecule has 2 atom stereocenters. The van der Waals surface area contributed by atoms with E-state index in [2.05, 4.69) is 18.0 Å². The van der Waals surface area contributed by atoms with Crippen molar-refractivity contribution >= 4 is 5.78 Å². The molecule has 0 fully saturated rings. The Morgan fingerprint density at radius 1 is 1.19 bits per heavy atom. The van der Waals surface area contributed by atoms with Crippen LogP contribution in [-0.2, 0) is 23.2 Å². The van der Waals surface area contributed by atoms with Gasteiger partial charge in [-0.15, -0.1) is 0 Å². The summed E-state index contributed by atoms with van der Waals surface area (Å²) in [7, 11) is 5.47. The third-order valence-electron chi connectivity index (χ3n) is 6.89. The summed E-state index contributed by atoms with van der Waals surface area (Å²) in [5.74, 6) is 2.11. The highest BCUT2D eigenvalue weighted by molar-refractivity contribution is 6.04. The fourth-order valence-corrected chi connectivity index (χ4v) is 5.28. The van der Waals surface area contributed by atoms with Crippen LogP contribution in [0, 0.1) is 0 Å². The molecule has 6 heteroatoms. The fourth-order valence-electron chi connectivity index (χ4n) is 5.28. The Kier molecular flexibility index (Phi) is 5.07. The lowest BCUT2D eigenvalue weighted by Gasteiger charge is -2.32. The van der Waals surface area contributed by atoms with E-state index in [1.807, 2.05) is 12.2 Å². The quantitative estimate of drug-likeness (QED) is 0.779. The third kappa shape index (κ3) is 3.14. The molecule has 32 heavy (non-hydrogen) atoms. The molecule has 0 saturated carbocycles. The Hall–Kier alpha value is -3.09. The highest BCUT2D eigenvalue weighted by atomic mass is 16.5. The first-order chi connectivity index (χ1) is 15.5. The van der Waals surface area contributed by atoms with Gasteiger partial charge < -0.3 is 19.3 Å². The number of allylic oxidation sites excluding steroid dienone is 3. The second-order valence-electron chi connectivity index (χ2n) is 8.66. The van der Waals surface area contributed by atoms with Crippen LogP contribution in [0.1, 0.15) is 34.7 Å². The molecular formula is C26H27NO5. The smallest absolute Gasteiger partial charge is 0.220 e. The summed E-state index contributed by atoms with van der Waals surface area (Å²) < 4.78 is 17.6. The highest BCUT2D eigenvalue weighted by Gasteiger charge is 2.49. The van der Waals surface area contributed by atoms with Crippen LogP contribution in [0.25, 0.3) is 0 Å². The molecule has 2 unspecified atom stereocenters. The van der Waals surface area contributed by atoms with Gasteiger partial charge >= 0.3 is 0 Å². The van der Waals surface area contributed by atoms with Crippen molar-refractivity contribution in [3.63, 3.8) is 0 Å². The van der Waals surface area contributed by atoms with Crippen molar-refractivity contribution in [1.29, 1.82) is 0 Å². The Labute approximate surface area is 187 Å². The van der Waals surface area contributed by atoms with Crippen molar-refractivity contribution in [2.75, 3.05) is 27.8 Å². The van der Waals surface area contributed by atoms with Crippen molar-refractivity contribution in [3.8, 4) is 17.2 Å². The number of ketones is 1. The standard InChI is InChI=1S/C26H27NO5/c1-27-11-9-17-12-21(30-2)25(31-3)24-23(17)19(27)13-26(24)10-8-20(29)22(14-26)32-18-6-4-16(15-28)5-7-18/h4-8,10,12,14,19,28H,9,11,13,15H2,1-3H3. The Balaban J connectivity index is 1.64. The number of nitrogens with zero attached hydrogens (tertiary/aromatic N) is 1. The van der Waals surface area contributed by atoms with Crippen molar-refractivity contribution in [1.82, 2.24) is 4.90 Å². The molecule has 2 aromatic rings. The molecular weight excluding hydrogens is 406 g/mol. The molecule has 1 spiro atoms. The second kappa shape index (κ2) is 7.80. The van der Waals surface area contributed by atoms with E-state index >= 15 is 0 Å². The van der Waals surface area contributed by atoms with Crippen LogP contribution in [-0.4, -0.2) is 43.6 Å². The summed E-state index contributed by atoms with van der Waals surface area (Å²) in [6.07, 6.45) is 7.29. The van der Waals surface area contributed by atoms with E-state index < -0.39 is 5.41 Å². The van der Waals surface area contributed by atoms with Crippen molar-refractivity contribution in [3.05, 3.63) is 76.6 Å². The number of aliphatic hydroxyl groups excluding tert-OH is 1. The minimum Gasteiger partial charge on any atom is -0.493 e. The van der Waals surface area contributed by atoms with Gasteiger partial charge in [-0.2, -0.15) is 0 Å². The lowest BCUT2D eigenvalue weighted by atomic mass is 9.77. The number of benzene rings is 2. The van der Waals surface area contributed by atoms with Crippen LogP contribution in [0.15, 0.2) is 54.3 Å². The number of aliphatic hydroxyl groups is 1. The monoisotopic (exact) mass is 433 g/mol. The first-order valence-electron chi connectivity index (χ1n) is 10.8. The molecule has 0 saturated heterocycles. The van der Waals surface area contributed by atoms with E-state index in [1.54, 1.807) is 44.6 Å². The zero-order valence-corrected chi connectivity index (χ0v) is 18.6. The number of rotatable bonds is 5. The number of carbonyl (C=O) groups is 1. The van der Waals surface area contributed by atoms with Gasteiger partial charge in [0, 0.05) is 23.6 Å². The van der Waals surface area contributed by atoms with Gasteiger partial charge in [0.15, 0.2) is 17.3 Å². The van der Waals surface area contributed by atoms with E-state index in [0.29, 0.717) is 23.0 Å². The minimum absolute atomic E-state index is 0.0383. The maximum absolute atomic E-state index is 12.8. The summed E-state index contributed by atoms with van der Waals surface area (Å²) in [5.41, 5.74) is 3.88. The van der Waals surface area contributed by atoms with Crippen LogP contribution >= 0.6 is 0 Å². The number of carbonyl (C=O) groups excluding carboxylic acids is 1. The normalized spacial score (nSPS) is 23.8. The van der Waals surface area contributed by atoms with Gasteiger partial charge in [0.2, 0.25) is 5.78 Å². The SMILES string of the molecule is COc1cc2c3c(c1OC)C1(C=CC(=O)C(Oc4ccc(CO)cc4)=C1)CC3N(C)CC2. The number of methoxy groups -OCH3 is 2. The predicted octanol–water partition coefficient (Wildman–Crippen LogP) is 3.47. The van der Waals surface area contributed by atoms with Crippen molar-refractivity contribution in [2.45, 2.75) is 30.9 Å². The summed E-state index contributed by atoms with van der Waals surface area (Å²) >= 11 is 0. The largest absolute Gasteiger partial charge is 0.493 e. The molecule has 1 N–H and O–H groups in total. The lowest BCUT2D eigenvalue weighted by Crippen LogP contribution is -2.31. The topological polar surface area (TPSA) is 68.2 Å². The zero-order valence-electron chi connectivity index (χ0n) is 18.6. The van der Waals surface area contributed by atoms with Gasteiger partial charge in [0.1, 0.15) is 5.75 Å². The molecule has 0 bridgehead atoms. The summed E-state index contributed by atoms with van der Waals surface area (Å²) in [4.78, 5) is 15.1. The number of ether oxygens (including phenoxy) is 3. The molecule has 2 aromatic carbocycles. The van der Waals surface area contributed by atoms with Gasteiger partial charge in [-0.05, 0) is 66.9 Å². The van der Waals surface area contributed by atoms with Gasteiger partial charge in [-0.25, -0.2) is 0 Å². The van der Waals surface area contributed by atoms with Crippen LogP contribution in [0.3, 0.4) is 0 Å². The molecule has 1 aliphatic heterocycles. The van der Waals surface area contributed by atoms with E-state index in [0.717, 1.165) is 30.5 Å². The van der Waals surface area contributed by atoms with Crippen LogP contribution < -0.4 is 14.2 Å². The fraction of sp³-hybridized carbons (Fsp3) is 0.346. The van der Waals surface area contributed by atoms with Crippen LogP contribution in [0.4, 0.5) is 0 Å². The first-order valence-corrected chi connectivity index (χ1v) is 10.8. The minimum atomic E-state index is -0.526. The van der Waals surface area contributed by atoms with Crippen molar-refractivity contribution in [2.24, 2.45) is 0 Å². The summed E-state index contributed by atoms with van der Waals surface area (Å²) in [5, 5.41) is 9.27. The first kappa shape index (κ1) is 20.8. The third-order valence-corrected chi connectivity index (χ3v) is 6.89. The van der Waals surface area contributed by atoms with E-state index in [1.165, 1.54) is 11.1 Å². The summed E-state index contributed by atoms with van der Waals surface area (Å²) in [6.45, 7) is 0.930. The molecule has 0 aromatic heterocycles. The van der Waals surface area contributed by atoms with E-state index in [4.69, 9.17) is 14.2 Å². The number of hydrogen-bond acceptors (Lipinski definition) is 6. The maximum Gasteiger partial charge on any atom is 0.220 e. The van der Waals surface area contributed by atoms with Gasteiger partial charge in [0.05, 0.1) is 20.8 Å². The van der Waals surface area contributed by atoms with Gasteiger partial charge in [-0.3, -0.25) is 9.69 Å². The average molecular weight is 434 g/mol. The van der Waals surface area contributed by atoms with Crippen LogP contribution in [0.5, 0.6) is 17.2 Å². The zero-order chi connectivity index (χ0) is 22.5. The Morgan fingerprint density at radius 2 is 1.97 bits per heavy atom. The number of likely N-dealkylation sites (N-methyl/N-ethyl adjacent to an activating group) is 1. The molecule has 3 aliphatic rings. The molecule has 1 heterocycles. The molecule has 0 amide bonds. The Bertz CT molecular complexity index is 1130. The van der Waals surface area contributed by atoms with E-state index in [-0.39, 0.29) is 18.4 Å². The van der Waals surface area contributed by atoms with Gasteiger partial charge in [-0.1, -0.05) is 18.2 Å². The average Bonchev–Trinajstić information content (AvgIpc) is 3.15. The maximum atomic E-state index is 12.8. The molecule has 6 nitrogen and oxygen atoms in total. The van der Waals surface area contributed by atoms with E-state index in [9.17, 15) is 9.90 Å². The lowest BCUT2D eigenvalue weighted by molar-refractivity contribution is -0.113. The van der Waals surface area contributed by atoms with Crippen LogP contribution in [0.2, 0.25) is 0 Å². The second-order valence-corrected chi connectivity index (χ2v) is 8.66. The van der Waals surface area contributed by atoms with Gasteiger partial charge in [0.25, 0.3) is 0 Å². The predicted molar refractivity (Wildman–Crippen MR) is 120 cm³/mol. The highest BCUT2D eigenvalue weighted by Crippen LogP contribution is 2.58. The molecule has 0 radical (unpaired) electrons. The number of fused-ring (bicyclic) bond motifs is 1. The van der Waals surface area contributed by atoms with Crippen molar-refractivity contribution < 1.29 is 24.1 Å². The molecule has 2 aliphatic carbocycles. The number of hydrogen-bond donors (Lipinski definition) is 1. The summed E-state index contributed by atoms with van der Waals surface area (Å²) in [6, 6.07) is 9.42.